The number of hydrogen-bond donors (Lipinski definition) is 4. The molecule has 20 heavy (non-hydrogen) atoms. The van der Waals surface area contributed by atoms with Crippen molar-refractivity contribution < 1.29 is 19.8 Å². The van der Waals surface area contributed by atoms with Crippen molar-refractivity contribution in [2.75, 3.05) is 20.1 Å². The van der Waals surface area contributed by atoms with Crippen LogP contribution in [0.1, 0.15) is 39.5 Å². The predicted molar refractivity (Wildman–Crippen MR) is 75.3 cm³/mol. The van der Waals surface area contributed by atoms with Crippen molar-refractivity contribution in [3.05, 3.63) is 0 Å². The molecule has 0 aromatic carbocycles. The molecule has 0 radical (unpaired) electrons. The summed E-state index contributed by atoms with van der Waals surface area (Å²) in [4.78, 5) is 22.5. The summed E-state index contributed by atoms with van der Waals surface area (Å²) >= 11 is 0. The molecule has 0 aliphatic heterocycles. The summed E-state index contributed by atoms with van der Waals surface area (Å²) < 4.78 is 0. The maximum Gasteiger partial charge on any atom is 0.306 e. The summed E-state index contributed by atoms with van der Waals surface area (Å²) in [5.41, 5.74) is -1.39. The molecule has 4 N–H and O–H groups in total. The van der Waals surface area contributed by atoms with Crippen LogP contribution in [-0.4, -0.2) is 47.8 Å². The Morgan fingerprint density at radius 2 is 1.85 bits per heavy atom. The van der Waals surface area contributed by atoms with E-state index in [0.29, 0.717) is 38.8 Å². The Morgan fingerprint density at radius 3 is 2.30 bits per heavy atom. The van der Waals surface area contributed by atoms with Crippen LogP contribution in [0.3, 0.4) is 0 Å². The second-order valence-electron chi connectivity index (χ2n) is 6.40. The molecule has 0 saturated heterocycles. The van der Waals surface area contributed by atoms with Crippen molar-refractivity contribution >= 4 is 11.9 Å². The normalized spacial score (nSPS) is 27.1. The third kappa shape index (κ3) is 4.45. The standard InChI is InChI=1S/C14H26N2O4/c1-13(2,12(19)15-3)8-16-9-14(20)6-4-10(5-7-14)11(17)18/h10,16,20H,4-9H2,1-3H3,(H,15,19)(H,17,18). The molecule has 0 heterocycles. The van der Waals surface area contributed by atoms with Crippen LogP contribution in [-0.2, 0) is 9.59 Å². The Bertz CT molecular complexity index is 360. The topological polar surface area (TPSA) is 98.7 Å². The minimum absolute atomic E-state index is 0.0495. The summed E-state index contributed by atoms with van der Waals surface area (Å²) in [6, 6.07) is 0. The average molecular weight is 286 g/mol. The number of carboxylic acid groups (broad SMARTS) is 1. The molecular formula is C14H26N2O4. The van der Waals surface area contributed by atoms with Crippen molar-refractivity contribution in [2.45, 2.75) is 45.1 Å². The Kier molecular flexibility index (Phi) is 5.53. The number of hydrogen-bond acceptors (Lipinski definition) is 4. The average Bonchev–Trinajstić information content (AvgIpc) is 2.37. The Morgan fingerprint density at radius 1 is 1.30 bits per heavy atom. The third-order valence-corrected chi connectivity index (χ3v) is 4.13. The van der Waals surface area contributed by atoms with Crippen molar-refractivity contribution in [3.63, 3.8) is 0 Å². The number of rotatable bonds is 6. The van der Waals surface area contributed by atoms with Gasteiger partial charge in [-0.2, -0.15) is 0 Å². The largest absolute Gasteiger partial charge is 0.481 e. The number of aliphatic hydroxyl groups is 1. The monoisotopic (exact) mass is 286 g/mol. The first-order valence-electron chi connectivity index (χ1n) is 7.08. The lowest BCUT2D eigenvalue weighted by atomic mass is 9.78. The SMILES string of the molecule is CNC(=O)C(C)(C)CNCC1(O)CCC(C(=O)O)CC1. The van der Waals surface area contributed by atoms with E-state index in [2.05, 4.69) is 10.6 Å². The number of carbonyl (C=O) groups excluding carboxylic acids is 1. The summed E-state index contributed by atoms with van der Waals surface area (Å²) in [7, 11) is 1.60. The lowest BCUT2D eigenvalue weighted by Gasteiger charge is -2.35. The van der Waals surface area contributed by atoms with Gasteiger partial charge in [-0.05, 0) is 39.5 Å². The van der Waals surface area contributed by atoms with Gasteiger partial charge in [0.05, 0.1) is 16.9 Å². The molecule has 0 aromatic rings. The second-order valence-corrected chi connectivity index (χ2v) is 6.40. The Balaban J connectivity index is 2.39. The minimum atomic E-state index is -0.856. The van der Waals surface area contributed by atoms with Gasteiger partial charge in [-0.1, -0.05) is 0 Å². The van der Waals surface area contributed by atoms with E-state index in [0.717, 1.165) is 0 Å². The van der Waals surface area contributed by atoms with Gasteiger partial charge in [0.25, 0.3) is 0 Å². The molecule has 1 aliphatic carbocycles. The summed E-state index contributed by atoms with van der Waals surface area (Å²) in [5.74, 6) is -1.16. The van der Waals surface area contributed by atoms with Gasteiger partial charge in [-0.25, -0.2) is 0 Å². The van der Waals surface area contributed by atoms with Gasteiger partial charge < -0.3 is 20.8 Å². The zero-order valence-electron chi connectivity index (χ0n) is 12.5. The molecule has 6 nitrogen and oxygen atoms in total. The second kappa shape index (κ2) is 6.54. The molecule has 1 aliphatic rings. The molecule has 1 saturated carbocycles. The molecule has 1 rings (SSSR count). The van der Waals surface area contributed by atoms with E-state index in [9.17, 15) is 14.7 Å². The lowest BCUT2D eigenvalue weighted by Crippen LogP contribution is -2.49. The van der Waals surface area contributed by atoms with Gasteiger partial charge >= 0.3 is 5.97 Å². The highest BCUT2D eigenvalue weighted by Crippen LogP contribution is 2.32. The van der Waals surface area contributed by atoms with Crippen LogP contribution in [0, 0.1) is 11.3 Å². The van der Waals surface area contributed by atoms with Gasteiger partial charge in [-0.3, -0.25) is 9.59 Å². The van der Waals surface area contributed by atoms with Gasteiger partial charge in [0.15, 0.2) is 0 Å². The van der Waals surface area contributed by atoms with Crippen LogP contribution in [0.5, 0.6) is 0 Å². The maximum atomic E-state index is 11.6. The van der Waals surface area contributed by atoms with Crippen LogP contribution in [0.2, 0.25) is 0 Å². The zero-order valence-corrected chi connectivity index (χ0v) is 12.5. The van der Waals surface area contributed by atoms with E-state index in [1.807, 2.05) is 13.8 Å². The molecule has 0 aromatic heterocycles. The van der Waals surface area contributed by atoms with Gasteiger partial charge in [0.1, 0.15) is 0 Å². The fourth-order valence-corrected chi connectivity index (χ4v) is 2.61. The van der Waals surface area contributed by atoms with Gasteiger partial charge in [0, 0.05) is 20.1 Å². The summed E-state index contributed by atoms with van der Waals surface area (Å²) in [6.07, 6.45) is 1.98. The van der Waals surface area contributed by atoms with Gasteiger partial charge in [0.2, 0.25) is 5.91 Å². The first kappa shape index (κ1) is 16.9. The molecule has 6 heteroatoms. The van der Waals surface area contributed by atoms with Crippen molar-refractivity contribution in [3.8, 4) is 0 Å². The van der Waals surface area contributed by atoms with E-state index < -0.39 is 17.0 Å². The smallest absolute Gasteiger partial charge is 0.306 e. The molecule has 116 valence electrons. The number of nitrogens with one attached hydrogen (secondary N) is 2. The molecule has 1 amide bonds. The van der Waals surface area contributed by atoms with Crippen LogP contribution < -0.4 is 10.6 Å². The summed E-state index contributed by atoms with van der Waals surface area (Å²) in [6.45, 7) is 4.53. The van der Waals surface area contributed by atoms with E-state index in [1.165, 1.54) is 0 Å². The predicted octanol–water partition coefficient (Wildman–Crippen LogP) is 0.354. The van der Waals surface area contributed by atoms with Crippen molar-refractivity contribution in [1.29, 1.82) is 0 Å². The highest BCUT2D eigenvalue weighted by atomic mass is 16.4. The third-order valence-electron chi connectivity index (χ3n) is 4.13. The molecule has 0 unspecified atom stereocenters. The van der Waals surface area contributed by atoms with Crippen molar-refractivity contribution in [2.24, 2.45) is 11.3 Å². The number of carbonyl (C=O) groups is 2. The van der Waals surface area contributed by atoms with Crippen LogP contribution in [0.25, 0.3) is 0 Å². The summed E-state index contributed by atoms with van der Waals surface area (Å²) in [5, 5.41) is 25.1. The van der Waals surface area contributed by atoms with Crippen molar-refractivity contribution in [1.82, 2.24) is 10.6 Å². The minimum Gasteiger partial charge on any atom is -0.481 e. The van der Waals surface area contributed by atoms with E-state index >= 15 is 0 Å². The maximum absolute atomic E-state index is 11.6. The number of amides is 1. The van der Waals surface area contributed by atoms with Crippen LogP contribution in [0.15, 0.2) is 0 Å². The first-order valence-corrected chi connectivity index (χ1v) is 7.08. The lowest BCUT2D eigenvalue weighted by molar-refractivity contribution is -0.144. The highest BCUT2D eigenvalue weighted by molar-refractivity contribution is 5.81. The Labute approximate surface area is 119 Å². The molecule has 0 atom stereocenters. The highest BCUT2D eigenvalue weighted by Gasteiger charge is 2.36. The van der Waals surface area contributed by atoms with Crippen LogP contribution in [0.4, 0.5) is 0 Å². The van der Waals surface area contributed by atoms with Gasteiger partial charge in [-0.15, -0.1) is 0 Å². The number of carboxylic acids is 1. The molecule has 0 spiro atoms. The Hall–Kier alpha value is -1.14. The number of aliphatic carboxylic acids is 1. The quantitative estimate of drug-likeness (QED) is 0.565. The fourth-order valence-electron chi connectivity index (χ4n) is 2.61. The van der Waals surface area contributed by atoms with E-state index in [4.69, 9.17) is 5.11 Å². The van der Waals surface area contributed by atoms with Crippen LogP contribution >= 0.6 is 0 Å². The van der Waals surface area contributed by atoms with E-state index in [1.54, 1.807) is 7.05 Å². The first-order chi connectivity index (χ1) is 9.20. The molecule has 1 fully saturated rings. The molecule has 0 bridgehead atoms. The molecular weight excluding hydrogens is 260 g/mol. The fraction of sp³-hybridized carbons (Fsp3) is 0.857. The zero-order chi connectivity index (χ0) is 15.4. The van der Waals surface area contributed by atoms with E-state index in [-0.39, 0.29) is 11.8 Å².